The van der Waals surface area contributed by atoms with Crippen LogP contribution < -0.4 is 0 Å². The number of halogens is 1. The summed E-state index contributed by atoms with van der Waals surface area (Å²) in [5.74, 6) is -0.0842. The number of hydrogen-bond donors (Lipinski definition) is 0. The average Bonchev–Trinajstić information content (AvgIpc) is 2.21. The Morgan fingerprint density at radius 1 is 1.40 bits per heavy atom. The molecule has 0 aromatic carbocycles. The average molecular weight is 331 g/mol. The summed E-state index contributed by atoms with van der Waals surface area (Å²) >= 11 is 4.25. The molecule has 15 heavy (non-hydrogen) atoms. The number of unbranched alkanes of at least 4 members (excludes halogenated alkanes) is 2. The Bertz CT molecular complexity index is 161. The van der Waals surface area contributed by atoms with Crippen molar-refractivity contribution in [1.29, 1.82) is 0 Å². The van der Waals surface area contributed by atoms with E-state index in [0.29, 0.717) is 6.61 Å². The van der Waals surface area contributed by atoms with Crippen molar-refractivity contribution in [3.8, 4) is 0 Å². The summed E-state index contributed by atoms with van der Waals surface area (Å²) in [6.07, 6.45) is 3.97. The van der Waals surface area contributed by atoms with Crippen LogP contribution in [0.4, 0.5) is 0 Å². The number of esters is 1. The van der Waals surface area contributed by atoms with Gasteiger partial charge in [-0.15, -0.1) is 0 Å². The van der Waals surface area contributed by atoms with E-state index in [-0.39, 0.29) is 11.4 Å². The van der Waals surface area contributed by atoms with Crippen LogP contribution in [0.2, 0.25) is 0 Å². The third kappa shape index (κ3) is 9.50. The van der Waals surface area contributed by atoms with Crippen molar-refractivity contribution in [3.05, 3.63) is 6.92 Å². The van der Waals surface area contributed by atoms with E-state index >= 15 is 0 Å². The van der Waals surface area contributed by atoms with Crippen molar-refractivity contribution in [2.24, 2.45) is 5.41 Å². The molecule has 4 heteroatoms. The van der Waals surface area contributed by atoms with Crippen LogP contribution in [0.5, 0.6) is 0 Å². The summed E-state index contributed by atoms with van der Waals surface area (Å²) in [5, 5.41) is 0. The second-order valence-electron chi connectivity index (χ2n) is 3.92. The van der Waals surface area contributed by atoms with Gasteiger partial charge in [0.05, 0.1) is 12.0 Å². The Morgan fingerprint density at radius 2 is 1.93 bits per heavy atom. The first kappa shape index (κ1) is 18.0. The van der Waals surface area contributed by atoms with E-state index in [4.69, 9.17) is 4.74 Å². The molecule has 0 bridgehead atoms. The molecule has 0 unspecified atom stereocenters. The van der Waals surface area contributed by atoms with Crippen LogP contribution in [0.1, 0.15) is 46.5 Å². The molecule has 0 saturated carbocycles. The third-order valence-electron chi connectivity index (χ3n) is 2.13. The Hall–Kier alpha value is 0.573. The fraction of sp³-hybridized carbons (Fsp3) is 0.818. The maximum atomic E-state index is 11.4. The molecule has 0 aromatic heterocycles. The van der Waals surface area contributed by atoms with E-state index in [1.54, 1.807) is 0 Å². The number of carbonyl (C=O) groups is 1. The second kappa shape index (κ2) is 11.1. The molecule has 0 aliphatic heterocycles. The molecule has 86 valence electrons. The zero-order chi connectivity index (χ0) is 12.3. The fourth-order valence-electron chi connectivity index (χ4n) is 1.17. The van der Waals surface area contributed by atoms with Gasteiger partial charge in [0.15, 0.2) is 0 Å². The maximum absolute atomic E-state index is 11.4. The van der Waals surface area contributed by atoms with Crippen molar-refractivity contribution in [2.45, 2.75) is 46.5 Å². The monoisotopic (exact) mass is 328 g/mol. The Kier molecular flexibility index (Phi) is 13.2. The Labute approximate surface area is 111 Å². The van der Waals surface area contributed by atoms with Gasteiger partial charge < -0.3 is 11.7 Å². The summed E-state index contributed by atoms with van der Waals surface area (Å²) in [6.45, 7) is 9.95. The summed E-state index contributed by atoms with van der Waals surface area (Å²) in [5.41, 5.74) is -0.328. The van der Waals surface area contributed by atoms with E-state index in [0.717, 1.165) is 25.7 Å². The van der Waals surface area contributed by atoms with E-state index in [2.05, 4.69) is 20.5 Å². The van der Waals surface area contributed by atoms with Gasteiger partial charge in [-0.3, -0.25) is 4.79 Å². The molecular weight excluding hydrogens is 309 g/mol. The SMILES string of the molecule is [CH2-]CCCCC(C)(C)C(=O)OCC.[Zn+][Br]. The van der Waals surface area contributed by atoms with E-state index in [1.165, 1.54) is 16.3 Å². The van der Waals surface area contributed by atoms with Crippen LogP contribution in [0.3, 0.4) is 0 Å². The molecule has 0 aliphatic carbocycles. The van der Waals surface area contributed by atoms with Crippen molar-refractivity contribution < 1.29 is 25.9 Å². The van der Waals surface area contributed by atoms with Gasteiger partial charge in [-0.05, 0) is 27.2 Å². The molecule has 0 aliphatic rings. The van der Waals surface area contributed by atoms with E-state index in [9.17, 15) is 4.79 Å². The van der Waals surface area contributed by atoms with E-state index in [1.807, 2.05) is 20.8 Å². The molecule has 2 nitrogen and oxygen atoms in total. The summed E-state index contributed by atoms with van der Waals surface area (Å²) < 4.78 is 4.98. The van der Waals surface area contributed by atoms with Gasteiger partial charge in [-0.25, -0.2) is 0 Å². The van der Waals surface area contributed by atoms with Crippen LogP contribution >= 0.6 is 13.6 Å². The molecule has 0 saturated heterocycles. The number of hydrogen-bond acceptors (Lipinski definition) is 2. The van der Waals surface area contributed by atoms with Crippen molar-refractivity contribution in [3.63, 3.8) is 0 Å². The fourth-order valence-corrected chi connectivity index (χ4v) is 1.17. The quantitative estimate of drug-likeness (QED) is 0.320. The van der Waals surface area contributed by atoms with Gasteiger partial charge in [0, 0.05) is 0 Å². The normalized spacial score (nSPS) is 10.3. The molecule has 0 heterocycles. The van der Waals surface area contributed by atoms with Crippen molar-refractivity contribution in [2.75, 3.05) is 6.61 Å². The Morgan fingerprint density at radius 3 is 2.33 bits per heavy atom. The van der Waals surface area contributed by atoms with Gasteiger partial charge in [0.2, 0.25) is 0 Å². The molecule has 0 N–H and O–H groups in total. The first-order valence-electron chi connectivity index (χ1n) is 5.27. The van der Waals surface area contributed by atoms with Crippen LogP contribution in [0.15, 0.2) is 0 Å². The number of ether oxygens (including phenoxy) is 1. The zero-order valence-corrected chi connectivity index (χ0v) is 14.7. The van der Waals surface area contributed by atoms with Crippen molar-refractivity contribution >= 4 is 19.6 Å². The van der Waals surface area contributed by atoms with Crippen molar-refractivity contribution in [1.82, 2.24) is 0 Å². The van der Waals surface area contributed by atoms with Crippen LogP contribution in [-0.4, -0.2) is 12.6 Å². The predicted octanol–water partition coefficient (Wildman–Crippen LogP) is 3.81. The molecule has 0 amide bonds. The number of rotatable bonds is 6. The molecule has 0 spiro atoms. The minimum absolute atomic E-state index is 0.0842. The van der Waals surface area contributed by atoms with Gasteiger partial charge in [-0.2, -0.15) is 6.42 Å². The molecule has 0 aromatic rings. The first-order chi connectivity index (χ1) is 7.04. The first-order valence-corrected chi connectivity index (χ1v) is 12.2. The van der Waals surface area contributed by atoms with Gasteiger partial charge in [0.25, 0.3) is 0 Å². The standard InChI is InChI=1S/C11H21O2.BrH.Zn/c1-5-7-8-9-11(3,4)10(12)13-6-2;;/h1,5-9H2,2-4H3;1H;/q-1;;+2/p-1. The molecular formula is C11H21BrO2Zn. The van der Waals surface area contributed by atoms with Gasteiger partial charge in [-0.1, -0.05) is 12.8 Å². The molecule has 0 fully saturated rings. The van der Waals surface area contributed by atoms with Crippen LogP contribution in [-0.2, 0) is 25.9 Å². The predicted molar refractivity (Wildman–Crippen MR) is 63.2 cm³/mol. The third-order valence-corrected chi connectivity index (χ3v) is 2.13. The Balaban J connectivity index is 0. The summed E-state index contributed by atoms with van der Waals surface area (Å²) in [6, 6.07) is 0. The van der Waals surface area contributed by atoms with Crippen LogP contribution in [0, 0.1) is 12.3 Å². The summed E-state index contributed by atoms with van der Waals surface area (Å²) in [4.78, 5) is 11.4. The van der Waals surface area contributed by atoms with Crippen LogP contribution in [0.25, 0.3) is 0 Å². The molecule has 0 radical (unpaired) electrons. The van der Waals surface area contributed by atoms with Gasteiger partial charge in [0.1, 0.15) is 0 Å². The second-order valence-corrected chi connectivity index (χ2v) is 3.92. The zero-order valence-electron chi connectivity index (χ0n) is 10.1. The van der Waals surface area contributed by atoms with Gasteiger partial charge >= 0.3 is 35.9 Å². The number of carbonyl (C=O) groups excluding carboxylic acids is 1. The minimum atomic E-state index is -0.328. The molecule has 0 atom stereocenters. The molecule has 0 rings (SSSR count). The van der Waals surface area contributed by atoms with E-state index < -0.39 is 0 Å². The summed E-state index contributed by atoms with van der Waals surface area (Å²) in [7, 11) is 0. The topological polar surface area (TPSA) is 26.3 Å².